The number of hydrogen-bond donors (Lipinski definition) is 2. The minimum Gasteiger partial charge on any atom is -0.493 e. The molecule has 0 bridgehead atoms. The Morgan fingerprint density at radius 1 is 1.28 bits per heavy atom. The van der Waals surface area contributed by atoms with Gasteiger partial charge >= 0.3 is 11.9 Å². The average Bonchev–Trinajstić information content (AvgIpc) is 3.17. The Hall–Kier alpha value is -4.14. The Kier molecular flexibility index (Phi) is 5.63. The number of benzene rings is 2. The fraction of sp³-hybridized carbons (Fsp3) is 0.217. The Bertz CT molecular complexity index is 1330. The highest BCUT2D eigenvalue weighted by Crippen LogP contribution is 2.35. The number of carboxylic acid groups (broad SMARTS) is 1. The number of ether oxygens (including phenoxy) is 2. The summed E-state index contributed by atoms with van der Waals surface area (Å²) >= 11 is 0. The van der Waals surface area contributed by atoms with E-state index in [1.54, 1.807) is 11.7 Å². The number of nitrogens with zero attached hydrogens (tertiary/aromatic N) is 2. The van der Waals surface area contributed by atoms with Gasteiger partial charge in [-0.1, -0.05) is 12.1 Å². The van der Waals surface area contributed by atoms with Crippen LogP contribution in [0.3, 0.4) is 0 Å². The molecule has 0 aliphatic carbocycles. The number of carboxylic acids is 1. The number of nitrogens with one attached hydrogen (secondary N) is 1. The van der Waals surface area contributed by atoms with Crippen LogP contribution in [0.2, 0.25) is 0 Å². The summed E-state index contributed by atoms with van der Waals surface area (Å²) in [7, 11) is 1.58. The van der Waals surface area contributed by atoms with Gasteiger partial charge in [-0.2, -0.15) is 0 Å². The third-order valence-corrected chi connectivity index (χ3v) is 5.15. The van der Waals surface area contributed by atoms with Gasteiger partial charge in [0.1, 0.15) is 5.82 Å². The van der Waals surface area contributed by atoms with Gasteiger partial charge in [-0.05, 0) is 49.3 Å². The van der Waals surface area contributed by atoms with Crippen LogP contribution in [-0.4, -0.2) is 40.3 Å². The largest absolute Gasteiger partial charge is 0.493 e. The molecule has 0 atom stereocenters. The van der Waals surface area contributed by atoms with E-state index in [4.69, 9.17) is 14.6 Å². The highest BCUT2D eigenvalue weighted by molar-refractivity contribution is 6.36. The second-order valence-electron chi connectivity index (χ2n) is 7.11. The molecule has 2 aromatic carbocycles. The van der Waals surface area contributed by atoms with Crippen molar-refractivity contribution in [2.24, 2.45) is 0 Å². The summed E-state index contributed by atoms with van der Waals surface area (Å²) in [6.07, 6.45) is 2.55. The van der Waals surface area contributed by atoms with Gasteiger partial charge in [0.15, 0.2) is 11.5 Å². The number of hydrogen-bond acceptors (Lipinski definition) is 6. The van der Waals surface area contributed by atoms with Gasteiger partial charge in [-0.15, -0.1) is 0 Å². The molecule has 1 aliphatic heterocycles. The predicted octanol–water partition coefficient (Wildman–Crippen LogP) is 2.77. The second-order valence-corrected chi connectivity index (χ2v) is 7.11. The monoisotopic (exact) mass is 435 g/mol. The number of rotatable bonds is 5. The first-order valence-corrected chi connectivity index (χ1v) is 10.0. The van der Waals surface area contributed by atoms with E-state index in [1.165, 1.54) is 18.2 Å². The Balaban J connectivity index is 1.81. The number of methoxy groups -OCH3 is 1. The fourth-order valence-corrected chi connectivity index (χ4v) is 3.71. The molecule has 3 aromatic rings. The molecule has 1 amide bonds. The lowest BCUT2D eigenvalue weighted by Gasteiger charge is -2.12. The Morgan fingerprint density at radius 2 is 2.09 bits per heavy atom. The number of aliphatic carboxylic acids is 1. The highest BCUT2D eigenvalue weighted by atomic mass is 16.5. The maximum atomic E-state index is 13.0. The molecule has 9 heteroatoms. The van der Waals surface area contributed by atoms with E-state index in [0.717, 1.165) is 11.1 Å². The average molecular weight is 435 g/mol. The molecule has 4 rings (SSSR count). The lowest BCUT2D eigenvalue weighted by Crippen LogP contribution is -2.23. The van der Waals surface area contributed by atoms with Crippen LogP contribution in [0, 0.1) is 0 Å². The van der Waals surface area contributed by atoms with E-state index in [2.05, 4.69) is 10.3 Å². The van der Waals surface area contributed by atoms with Crippen molar-refractivity contribution in [2.45, 2.75) is 19.9 Å². The second kappa shape index (κ2) is 8.54. The van der Waals surface area contributed by atoms with E-state index in [-0.39, 0.29) is 11.2 Å². The molecule has 0 spiro atoms. The van der Waals surface area contributed by atoms with E-state index in [1.807, 2.05) is 31.2 Å². The van der Waals surface area contributed by atoms with E-state index in [9.17, 15) is 14.4 Å². The summed E-state index contributed by atoms with van der Waals surface area (Å²) in [5.74, 6) is -1.01. The lowest BCUT2D eigenvalue weighted by molar-refractivity contribution is -0.147. The number of aromatic nitrogens is 2. The van der Waals surface area contributed by atoms with Crippen LogP contribution < -0.4 is 20.3 Å². The molecule has 1 aromatic heterocycles. The van der Waals surface area contributed by atoms with Crippen LogP contribution in [0.4, 0.5) is 5.69 Å². The first kappa shape index (κ1) is 21.1. The zero-order chi connectivity index (χ0) is 22.8. The number of allylic oxidation sites excluding steroid dienone is 1. The third kappa shape index (κ3) is 3.80. The highest BCUT2D eigenvalue weighted by Gasteiger charge is 2.22. The van der Waals surface area contributed by atoms with Gasteiger partial charge < -0.3 is 19.9 Å². The van der Waals surface area contributed by atoms with Crippen LogP contribution in [0.25, 0.3) is 22.6 Å². The third-order valence-electron chi connectivity index (χ3n) is 5.15. The van der Waals surface area contributed by atoms with Gasteiger partial charge in [0.2, 0.25) is 0 Å². The van der Waals surface area contributed by atoms with E-state index < -0.39 is 11.9 Å². The number of amides is 1. The molecule has 2 heterocycles. The molecule has 164 valence electrons. The molecule has 32 heavy (non-hydrogen) atoms. The Labute approximate surface area is 182 Å². The summed E-state index contributed by atoms with van der Waals surface area (Å²) < 4.78 is 12.8. The molecular formula is C23H21N3O6. The molecule has 0 unspecified atom stereocenters. The minimum atomic E-state index is -1.60. The van der Waals surface area contributed by atoms with Crippen LogP contribution in [0.5, 0.6) is 11.5 Å². The summed E-state index contributed by atoms with van der Waals surface area (Å²) in [5, 5.41) is 11.5. The zero-order valence-corrected chi connectivity index (χ0v) is 17.5. The maximum absolute atomic E-state index is 13.0. The number of carbonyl (C=O) groups is 2. The normalized spacial score (nSPS) is 13.8. The van der Waals surface area contributed by atoms with Crippen molar-refractivity contribution in [1.29, 1.82) is 0 Å². The van der Waals surface area contributed by atoms with Crippen molar-refractivity contribution in [2.75, 3.05) is 19.0 Å². The SMILES string of the molecule is CCOc1c(/C=C2/CCn3c2nc2cc(NC(=O)C(=O)O)ccc2c3=O)cccc1OC. The summed E-state index contributed by atoms with van der Waals surface area (Å²) in [6.45, 7) is 2.86. The lowest BCUT2D eigenvalue weighted by atomic mass is 10.1. The Morgan fingerprint density at radius 3 is 2.81 bits per heavy atom. The standard InChI is InChI=1S/C23H21N3O6/c1-3-32-19-13(5-4-6-18(19)31-2)11-14-9-10-26-20(14)25-17-12-15(24-21(27)23(29)30)7-8-16(17)22(26)28/h4-8,11-12H,3,9-10H2,1-2H3,(H,24,27)(H,29,30)/b14-11-. The summed E-state index contributed by atoms with van der Waals surface area (Å²) in [5.41, 5.74) is 2.09. The molecule has 0 radical (unpaired) electrons. The number of carbonyl (C=O) groups excluding carboxylic acids is 1. The van der Waals surface area contributed by atoms with Crippen molar-refractivity contribution < 1.29 is 24.2 Å². The first-order chi connectivity index (χ1) is 15.4. The van der Waals surface area contributed by atoms with Crippen molar-refractivity contribution in [3.63, 3.8) is 0 Å². The quantitative estimate of drug-likeness (QED) is 0.591. The molecule has 9 nitrogen and oxygen atoms in total. The molecule has 0 saturated heterocycles. The van der Waals surface area contributed by atoms with E-state index >= 15 is 0 Å². The molecule has 0 saturated carbocycles. The predicted molar refractivity (Wildman–Crippen MR) is 119 cm³/mol. The van der Waals surface area contributed by atoms with Gasteiger partial charge in [0.05, 0.1) is 24.6 Å². The van der Waals surface area contributed by atoms with Crippen LogP contribution in [0.1, 0.15) is 24.7 Å². The fourth-order valence-electron chi connectivity index (χ4n) is 3.71. The van der Waals surface area contributed by atoms with Crippen molar-refractivity contribution in [3.05, 3.63) is 58.1 Å². The van der Waals surface area contributed by atoms with Crippen molar-refractivity contribution in [3.8, 4) is 11.5 Å². The molecule has 0 fully saturated rings. The number of fused-ring (bicyclic) bond motifs is 2. The van der Waals surface area contributed by atoms with Crippen LogP contribution in [-0.2, 0) is 16.1 Å². The van der Waals surface area contributed by atoms with Gasteiger partial charge in [0.25, 0.3) is 5.56 Å². The maximum Gasteiger partial charge on any atom is 0.394 e. The van der Waals surface area contributed by atoms with Crippen molar-refractivity contribution in [1.82, 2.24) is 9.55 Å². The minimum absolute atomic E-state index is 0.194. The number of anilines is 1. The molecule has 2 N–H and O–H groups in total. The number of para-hydroxylation sites is 1. The topological polar surface area (TPSA) is 120 Å². The first-order valence-electron chi connectivity index (χ1n) is 10.0. The van der Waals surface area contributed by atoms with Gasteiger partial charge in [-0.3, -0.25) is 14.2 Å². The van der Waals surface area contributed by atoms with Gasteiger partial charge in [0, 0.05) is 17.8 Å². The molecule has 1 aliphatic rings. The summed E-state index contributed by atoms with van der Waals surface area (Å²) in [6, 6.07) is 10.1. The summed E-state index contributed by atoms with van der Waals surface area (Å²) in [4.78, 5) is 39.9. The van der Waals surface area contributed by atoms with Crippen LogP contribution in [0.15, 0.2) is 41.2 Å². The van der Waals surface area contributed by atoms with E-state index in [0.29, 0.717) is 47.8 Å². The zero-order valence-electron chi connectivity index (χ0n) is 17.5. The smallest absolute Gasteiger partial charge is 0.394 e. The van der Waals surface area contributed by atoms with Gasteiger partial charge in [-0.25, -0.2) is 9.78 Å². The van der Waals surface area contributed by atoms with Crippen LogP contribution >= 0.6 is 0 Å². The van der Waals surface area contributed by atoms with Crippen molar-refractivity contribution >= 4 is 40.1 Å². The molecular weight excluding hydrogens is 414 g/mol.